The molecule has 0 spiro atoms. The molecular weight excluding hydrogens is 913 g/mol. The van der Waals surface area contributed by atoms with E-state index in [1.54, 1.807) is 60.7 Å². The Labute approximate surface area is 409 Å². The van der Waals surface area contributed by atoms with Gasteiger partial charge in [0.15, 0.2) is 5.78 Å². The third kappa shape index (κ3) is 9.51. The van der Waals surface area contributed by atoms with E-state index in [9.17, 15) is 26.7 Å². The number of nitrogens with one attached hydrogen (secondary N) is 2. The number of allylic oxidation sites excluding steroid dienone is 5. The Morgan fingerprint density at radius 1 is 0.471 bits per heavy atom. The Hall–Kier alpha value is -8.06. The number of hydrogen-bond acceptors (Lipinski definition) is 7. The van der Waals surface area contributed by atoms with Crippen molar-refractivity contribution in [3.05, 3.63) is 244 Å². The van der Waals surface area contributed by atoms with Crippen molar-refractivity contribution in [2.75, 3.05) is 9.62 Å². The van der Waals surface area contributed by atoms with E-state index in [-0.39, 0.29) is 43.5 Å². The van der Waals surface area contributed by atoms with Crippen LogP contribution >= 0.6 is 0 Å². The summed E-state index contributed by atoms with van der Waals surface area (Å²) in [7, 11) is -8.53. The Kier molecular flexibility index (Phi) is 12.6. The maximum absolute atomic E-state index is 14.8. The van der Waals surface area contributed by atoms with Crippen LogP contribution in [0.1, 0.15) is 38.9 Å². The maximum atomic E-state index is 14.8. The second-order valence-electron chi connectivity index (χ2n) is 17.7. The molecule has 12 heteroatoms. The van der Waals surface area contributed by atoms with Gasteiger partial charge in [0.2, 0.25) is 17.1 Å². The highest BCUT2D eigenvalue weighted by atomic mass is 32.2. The molecule has 0 aliphatic heterocycles. The SMILES string of the molecule is Cc1ccc(N(c2ccc(C)cc2)c2ccc(C3=C([O-])/C(=C4/C=CC(=[N+](c5ccc(C)cc5)c5ccc(C)cc5)C=C4NS(=O)(=O)c4ccc(C)cc4)C3=O)c(NS(=O)(=O)c3ccc(C)cc3)c2)cc1. The molecule has 7 aromatic carbocycles. The lowest BCUT2D eigenvalue weighted by Gasteiger charge is -2.35. The van der Waals surface area contributed by atoms with Gasteiger partial charge in [0.25, 0.3) is 20.0 Å². The van der Waals surface area contributed by atoms with Gasteiger partial charge < -0.3 is 10.0 Å². The fourth-order valence-corrected chi connectivity index (χ4v) is 10.5. The van der Waals surface area contributed by atoms with Crippen LogP contribution in [0.4, 0.5) is 34.1 Å². The zero-order valence-corrected chi connectivity index (χ0v) is 41.1. The summed E-state index contributed by atoms with van der Waals surface area (Å²) in [6.45, 7) is 11.7. The summed E-state index contributed by atoms with van der Waals surface area (Å²) < 4.78 is 64.2. The van der Waals surface area contributed by atoms with Gasteiger partial charge in [-0.15, -0.1) is 0 Å². The molecule has 70 heavy (non-hydrogen) atoms. The number of carbonyl (C=O) groups is 1. The molecule has 350 valence electrons. The van der Waals surface area contributed by atoms with Gasteiger partial charge >= 0.3 is 0 Å². The number of nitrogens with zero attached hydrogens (tertiary/aromatic N) is 2. The first-order chi connectivity index (χ1) is 33.5. The van der Waals surface area contributed by atoms with Crippen LogP contribution in [0.5, 0.6) is 0 Å². The predicted molar refractivity (Wildman–Crippen MR) is 279 cm³/mol. The Balaban J connectivity index is 1.22. The standard InChI is InChI=1S/C58H50N4O6S2/c1-37-7-19-43(20-8-37)61(44-21-9-38(2)10-22-44)47-27-33-51(53(35-47)59-69(65,66)49-29-15-41(5)16-30-49)55-57(63)56(58(55)64)52-34-28-48(36-54(52)60-70(67,68)50-31-17-42(6)18-32-50)62(45-23-11-39(3)12-24-45)46-25-13-40(4)14-26-46/h7-36H,1-6H3,(H2,59,60,63,64). The zero-order chi connectivity index (χ0) is 49.5. The van der Waals surface area contributed by atoms with Crippen molar-refractivity contribution in [2.45, 2.75) is 51.3 Å². The van der Waals surface area contributed by atoms with Gasteiger partial charge in [0.05, 0.1) is 21.2 Å². The molecule has 0 radical (unpaired) electrons. The molecule has 0 saturated heterocycles. The van der Waals surface area contributed by atoms with Gasteiger partial charge in [-0.2, -0.15) is 4.58 Å². The van der Waals surface area contributed by atoms with Crippen molar-refractivity contribution < 1.29 is 26.7 Å². The minimum atomic E-state index is -4.27. The highest BCUT2D eigenvalue weighted by Crippen LogP contribution is 2.45. The first-order valence-electron chi connectivity index (χ1n) is 22.6. The second kappa shape index (κ2) is 18.8. The fourth-order valence-electron chi connectivity index (χ4n) is 8.34. The lowest BCUT2D eigenvalue weighted by molar-refractivity contribution is -0.297. The second-order valence-corrected chi connectivity index (χ2v) is 21.1. The Morgan fingerprint density at radius 2 is 0.871 bits per heavy atom. The normalized spacial score (nSPS) is 14.8. The molecule has 9 rings (SSSR count). The van der Waals surface area contributed by atoms with E-state index in [2.05, 4.69) is 9.44 Å². The first-order valence-corrected chi connectivity index (χ1v) is 25.6. The van der Waals surface area contributed by atoms with Crippen molar-refractivity contribution >= 4 is 71.2 Å². The molecule has 0 bridgehead atoms. The first kappa shape index (κ1) is 47.0. The molecule has 2 aliphatic rings. The lowest BCUT2D eigenvalue weighted by atomic mass is 9.79. The van der Waals surface area contributed by atoms with E-state index in [1.165, 1.54) is 24.3 Å². The van der Waals surface area contributed by atoms with Crippen molar-refractivity contribution in [1.82, 2.24) is 9.30 Å². The van der Waals surface area contributed by atoms with Crippen LogP contribution < -0.4 is 24.0 Å². The smallest absolute Gasteiger partial charge is 0.261 e. The van der Waals surface area contributed by atoms with E-state index in [4.69, 9.17) is 0 Å². The fraction of sp³-hybridized carbons (Fsp3) is 0.103. The van der Waals surface area contributed by atoms with Gasteiger partial charge in [-0.05, 0) is 108 Å². The van der Waals surface area contributed by atoms with E-state index >= 15 is 0 Å². The summed E-state index contributed by atoms with van der Waals surface area (Å²) in [4.78, 5) is 16.7. The topological polar surface area (TPSA) is 139 Å². The predicted octanol–water partition coefficient (Wildman–Crippen LogP) is 11.2. The molecular formula is C58H50N4O6S2. The van der Waals surface area contributed by atoms with Crippen molar-refractivity contribution in [3.63, 3.8) is 0 Å². The maximum Gasteiger partial charge on any atom is 0.261 e. The summed E-state index contributed by atoms with van der Waals surface area (Å²) in [5.41, 5.74) is 9.84. The van der Waals surface area contributed by atoms with Gasteiger partial charge in [-0.1, -0.05) is 118 Å². The molecule has 0 aromatic heterocycles. The van der Waals surface area contributed by atoms with Gasteiger partial charge in [0.1, 0.15) is 0 Å². The summed E-state index contributed by atoms with van der Waals surface area (Å²) in [6.07, 6.45) is 4.93. The van der Waals surface area contributed by atoms with Crippen LogP contribution in [-0.2, 0) is 24.8 Å². The highest BCUT2D eigenvalue weighted by Gasteiger charge is 2.36. The van der Waals surface area contributed by atoms with Crippen LogP contribution in [0.25, 0.3) is 5.57 Å². The monoisotopic (exact) mass is 962 g/mol. The number of sulfonamides is 2. The van der Waals surface area contributed by atoms with Gasteiger partial charge in [0, 0.05) is 75.8 Å². The van der Waals surface area contributed by atoms with Crippen molar-refractivity contribution in [3.8, 4) is 0 Å². The van der Waals surface area contributed by atoms with Crippen molar-refractivity contribution in [2.24, 2.45) is 0 Å². The molecule has 0 fully saturated rings. The molecule has 0 unspecified atom stereocenters. The molecule has 2 N–H and O–H groups in total. The van der Waals surface area contributed by atoms with Crippen LogP contribution in [-0.4, -0.2) is 28.3 Å². The number of ketones is 1. The minimum absolute atomic E-state index is 0.000492. The third-order valence-corrected chi connectivity index (χ3v) is 15.1. The largest absolute Gasteiger partial charge is 0.871 e. The molecule has 2 aliphatic carbocycles. The van der Waals surface area contributed by atoms with E-state index in [0.29, 0.717) is 11.4 Å². The number of Topliss-reactive ketones (excluding diaryl/α,β-unsaturated/α-hetero) is 1. The number of hydrogen-bond donors (Lipinski definition) is 2. The molecule has 0 atom stereocenters. The number of benzene rings is 7. The van der Waals surface area contributed by atoms with Gasteiger partial charge in [-0.3, -0.25) is 14.2 Å². The quantitative estimate of drug-likeness (QED) is 0.0918. The molecule has 10 nitrogen and oxygen atoms in total. The van der Waals surface area contributed by atoms with E-state index in [0.717, 1.165) is 56.1 Å². The summed E-state index contributed by atoms with van der Waals surface area (Å²) in [6, 6.07) is 49.2. The summed E-state index contributed by atoms with van der Waals surface area (Å²) >= 11 is 0. The summed E-state index contributed by atoms with van der Waals surface area (Å²) in [5, 5.41) is 14.8. The van der Waals surface area contributed by atoms with Crippen LogP contribution in [0.3, 0.4) is 0 Å². The third-order valence-electron chi connectivity index (χ3n) is 12.3. The lowest BCUT2D eigenvalue weighted by Crippen LogP contribution is -2.34. The number of aryl methyl sites for hydroxylation is 6. The highest BCUT2D eigenvalue weighted by molar-refractivity contribution is 7.92. The molecule has 0 heterocycles. The zero-order valence-electron chi connectivity index (χ0n) is 39.5. The van der Waals surface area contributed by atoms with Crippen LogP contribution in [0.15, 0.2) is 214 Å². The van der Waals surface area contributed by atoms with E-state index < -0.39 is 31.6 Å². The molecule has 7 aromatic rings. The Morgan fingerprint density at radius 3 is 1.31 bits per heavy atom. The average Bonchev–Trinajstić information content (AvgIpc) is 3.33. The van der Waals surface area contributed by atoms with Crippen molar-refractivity contribution in [1.29, 1.82) is 0 Å². The number of anilines is 4. The average molecular weight is 963 g/mol. The van der Waals surface area contributed by atoms with Gasteiger partial charge in [-0.25, -0.2) is 16.8 Å². The van der Waals surface area contributed by atoms with Crippen LogP contribution in [0, 0.1) is 41.5 Å². The Bertz CT molecular complexity index is 3500. The summed E-state index contributed by atoms with van der Waals surface area (Å²) in [5.74, 6) is -1.36. The molecule has 0 amide bonds. The van der Waals surface area contributed by atoms with Crippen LogP contribution in [0.2, 0.25) is 0 Å². The van der Waals surface area contributed by atoms with E-state index in [1.807, 2.05) is 148 Å². The number of carbonyl (C=O) groups excluding carboxylic acids is 1. The number of rotatable bonds is 12. The molecule has 0 saturated carbocycles. The minimum Gasteiger partial charge on any atom is -0.871 e.